The number of hydrogen-bond acceptors (Lipinski definition) is 3. The summed E-state index contributed by atoms with van der Waals surface area (Å²) in [5.41, 5.74) is 15.7. The number of benzene rings is 6. The maximum absolute atomic E-state index is 2.70. The summed E-state index contributed by atoms with van der Waals surface area (Å²) in [6, 6.07) is 54.1. The SMILES string of the molecule is c1ccc2c(c1)B1N(B3c4ccccc4-c4ccccc4N3B3c4ccccc4-c4ccccc4N13)c1ccccc1-2. The predicted octanol–water partition coefficient (Wildman–Crippen LogP) is 5.65. The molecule has 10 rings (SSSR count). The van der Waals surface area contributed by atoms with Crippen LogP contribution in [0, 0.1) is 0 Å². The molecule has 4 heterocycles. The first-order chi connectivity index (χ1) is 20.9. The highest BCUT2D eigenvalue weighted by molar-refractivity contribution is 7.16. The lowest BCUT2D eigenvalue weighted by molar-refractivity contribution is 1.27. The normalized spacial score (nSPS) is 14.9. The summed E-state index contributed by atoms with van der Waals surface area (Å²) in [7, 11) is 0. The van der Waals surface area contributed by atoms with Gasteiger partial charge in [-0.1, -0.05) is 127 Å². The molecule has 1 saturated heterocycles. The van der Waals surface area contributed by atoms with Gasteiger partial charge in [-0.2, -0.15) is 0 Å². The molecule has 42 heavy (non-hydrogen) atoms. The monoisotopic (exact) mass is 531 g/mol. The predicted molar refractivity (Wildman–Crippen MR) is 179 cm³/mol. The molecule has 192 valence electrons. The van der Waals surface area contributed by atoms with Gasteiger partial charge in [-0.15, -0.1) is 0 Å². The van der Waals surface area contributed by atoms with E-state index < -0.39 is 0 Å². The molecule has 0 unspecified atom stereocenters. The van der Waals surface area contributed by atoms with Crippen molar-refractivity contribution in [2.45, 2.75) is 0 Å². The fourth-order valence-electron chi connectivity index (χ4n) is 8.17. The molecule has 3 nitrogen and oxygen atoms in total. The molecule has 1 fully saturated rings. The van der Waals surface area contributed by atoms with Crippen molar-refractivity contribution in [2.24, 2.45) is 0 Å². The van der Waals surface area contributed by atoms with Gasteiger partial charge in [0.2, 0.25) is 0 Å². The maximum Gasteiger partial charge on any atom is 0.389 e. The van der Waals surface area contributed by atoms with Crippen molar-refractivity contribution in [3.05, 3.63) is 146 Å². The smallest absolute Gasteiger partial charge is 0.389 e. The van der Waals surface area contributed by atoms with Crippen LogP contribution in [0.15, 0.2) is 146 Å². The molecule has 0 spiro atoms. The van der Waals surface area contributed by atoms with Gasteiger partial charge < -0.3 is 14.2 Å². The van der Waals surface area contributed by atoms with Crippen molar-refractivity contribution in [1.29, 1.82) is 0 Å². The van der Waals surface area contributed by atoms with Crippen molar-refractivity contribution in [1.82, 2.24) is 0 Å². The molecule has 6 aromatic rings. The number of nitrogens with zero attached hydrogens (tertiary/aromatic N) is 3. The van der Waals surface area contributed by atoms with Gasteiger partial charge in [0.25, 0.3) is 0 Å². The molecule has 0 radical (unpaired) electrons. The number of anilines is 3. The largest absolute Gasteiger partial charge is 0.416 e. The van der Waals surface area contributed by atoms with Crippen LogP contribution in [0.1, 0.15) is 0 Å². The highest BCUT2D eigenvalue weighted by atomic mass is 15.3. The van der Waals surface area contributed by atoms with E-state index in [4.69, 9.17) is 0 Å². The molecule has 0 amide bonds. The Bertz CT molecular complexity index is 1680. The van der Waals surface area contributed by atoms with Gasteiger partial charge in [0.1, 0.15) is 0 Å². The van der Waals surface area contributed by atoms with Crippen LogP contribution >= 0.6 is 0 Å². The van der Waals surface area contributed by atoms with E-state index in [1.807, 2.05) is 0 Å². The van der Waals surface area contributed by atoms with Gasteiger partial charge >= 0.3 is 20.9 Å². The highest BCUT2D eigenvalue weighted by Gasteiger charge is 2.60. The zero-order chi connectivity index (χ0) is 27.4. The van der Waals surface area contributed by atoms with Crippen molar-refractivity contribution in [2.75, 3.05) is 14.2 Å². The first-order valence-corrected chi connectivity index (χ1v) is 14.8. The highest BCUT2D eigenvalue weighted by Crippen LogP contribution is 2.48. The fourth-order valence-corrected chi connectivity index (χ4v) is 8.17. The zero-order valence-corrected chi connectivity index (χ0v) is 22.9. The number of fused-ring (bicyclic) bond motifs is 21. The summed E-state index contributed by atoms with van der Waals surface area (Å²) in [5.74, 6) is 0. The summed E-state index contributed by atoms with van der Waals surface area (Å²) in [4.78, 5) is 0. The average Bonchev–Trinajstić information content (AvgIpc) is 3.07. The summed E-state index contributed by atoms with van der Waals surface area (Å²) < 4.78 is 8.11. The summed E-state index contributed by atoms with van der Waals surface area (Å²) in [6.07, 6.45) is 0. The van der Waals surface area contributed by atoms with E-state index in [0.717, 1.165) is 0 Å². The third kappa shape index (κ3) is 2.75. The van der Waals surface area contributed by atoms with Crippen LogP contribution in [0.4, 0.5) is 17.1 Å². The Morgan fingerprint density at radius 2 is 0.500 bits per heavy atom. The minimum atomic E-state index is 0.00942. The van der Waals surface area contributed by atoms with Crippen LogP contribution in [0.5, 0.6) is 0 Å². The minimum absolute atomic E-state index is 0.00942. The van der Waals surface area contributed by atoms with Gasteiger partial charge in [0.05, 0.1) is 0 Å². The Morgan fingerprint density at radius 1 is 0.262 bits per heavy atom. The van der Waals surface area contributed by atoms with Crippen molar-refractivity contribution in [3.8, 4) is 33.4 Å². The molecule has 6 heteroatoms. The van der Waals surface area contributed by atoms with E-state index in [1.165, 1.54) is 66.8 Å². The topological polar surface area (TPSA) is 9.72 Å². The van der Waals surface area contributed by atoms with Crippen LogP contribution in [-0.2, 0) is 0 Å². The zero-order valence-electron chi connectivity index (χ0n) is 22.9. The first kappa shape index (κ1) is 22.6. The van der Waals surface area contributed by atoms with Crippen LogP contribution in [0.25, 0.3) is 33.4 Å². The molecule has 6 aromatic carbocycles. The first-order valence-electron chi connectivity index (χ1n) is 14.8. The second-order valence-electron chi connectivity index (χ2n) is 11.7. The summed E-state index contributed by atoms with van der Waals surface area (Å²) in [6.45, 7) is 0.0283. The van der Waals surface area contributed by atoms with Crippen molar-refractivity contribution >= 4 is 54.4 Å². The van der Waals surface area contributed by atoms with Crippen LogP contribution in [-0.4, -0.2) is 20.9 Å². The lowest BCUT2D eigenvalue weighted by Crippen LogP contribution is -2.88. The quantitative estimate of drug-likeness (QED) is 0.235. The molecule has 0 bridgehead atoms. The summed E-state index contributed by atoms with van der Waals surface area (Å²) in [5, 5.41) is 0. The standard InChI is InChI=1S/C36H24B3N3/c1-7-19-31-25(13-1)28-16-4-10-22-34(28)40-37(31)41-35-23-11-5-17-29(35)26-14-3-9-21-33(26)39(41)42-36-24-12-6-18-30(36)27-15-2-8-20-32(27)38(40)42/h1-24H. The Kier molecular flexibility index (Phi) is 4.43. The Balaban J connectivity index is 1.37. The van der Waals surface area contributed by atoms with E-state index in [-0.39, 0.29) is 20.9 Å². The van der Waals surface area contributed by atoms with Gasteiger partial charge in [0.15, 0.2) is 0 Å². The van der Waals surface area contributed by atoms with Crippen LogP contribution in [0.3, 0.4) is 0 Å². The Morgan fingerprint density at radius 3 is 0.810 bits per heavy atom. The minimum Gasteiger partial charge on any atom is -0.416 e. The van der Waals surface area contributed by atoms with Crippen LogP contribution < -0.4 is 30.6 Å². The lowest BCUT2D eigenvalue weighted by atomic mass is 9.34. The van der Waals surface area contributed by atoms with Crippen molar-refractivity contribution < 1.29 is 0 Å². The van der Waals surface area contributed by atoms with E-state index >= 15 is 0 Å². The van der Waals surface area contributed by atoms with Gasteiger partial charge in [-0.3, -0.25) is 0 Å². The molecule has 0 aliphatic carbocycles. The second kappa shape index (κ2) is 8.23. The molecular formula is C36H24B3N3. The molecule has 4 aliphatic heterocycles. The molecule has 0 atom stereocenters. The van der Waals surface area contributed by atoms with E-state index in [0.29, 0.717) is 0 Å². The molecule has 4 aliphatic rings. The molecule has 0 N–H and O–H groups in total. The van der Waals surface area contributed by atoms with E-state index in [2.05, 4.69) is 160 Å². The van der Waals surface area contributed by atoms with Crippen LogP contribution in [0.2, 0.25) is 0 Å². The fraction of sp³-hybridized carbons (Fsp3) is 0. The second-order valence-corrected chi connectivity index (χ2v) is 11.7. The third-order valence-electron chi connectivity index (χ3n) is 9.71. The molecule has 0 aromatic heterocycles. The molecular weight excluding hydrogens is 507 g/mol. The Labute approximate surface area is 247 Å². The Hall–Kier alpha value is -5.09. The molecule has 0 saturated carbocycles. The van der Waals surface area contributed by atoms with Gasteiger partial charge in [-0.05, 0) is 51.3 Å². The average molecular weight is 531 g/mol. The summed E-state index contributed by atoms with van der Waals surface area (Å²) >= 11 is 0. The number of para-hydroxylation sites is 3. The maximum atomic E-state index is 2.70. The third-order valence-corrected chi connectivity index (χ3v) is 9.71. The van der Waals surface area contributed by atoms with Crippen molar-refractivity contribution in [3.63, 3.8) is 0 Å². The number of hydrogen-bond donors (Lipinski definition) is 0. The number of rotatable bonds is 0. The lowest BCUT2D eigenvalue weighted by Gasteiger charge is -2.61. The van der Waals surface area contributed by atoms with Gasteiger partial charge in [0, 0.05) is 33.8 Å². The van der Waals surface area contributed by atoms with Gasteiger partial charge in [-0.25, -0.2) is 0 Å². The van der Waals surface area contributed by atoms with E-state index in [9.17, 15) is 0 Å². The van der Waals surface area contributed by atoms with E-state index in [1.54, 1.807) is 0 Å².